The molecule has 3 heterocycles. The molecule has 1 saturated carbocycles. The summed E-state index contributed by atoms with van der Waals surface area (Å²) in [4.78, 5) is 21.6. The topological polar surface area (TPSA) is 82.9 Å². The van der Waals surface area contributed by atoms with Gasteiger partial charge in [0.05, 0.1) is 11.6 Å². The van der Waals surface area contributed by atoms with Crippen molar-refractivity contribution in [2.45, 2.75) is 51.6 Å². The number of benzene rings is 2. The maximum atomic E-state index is 13.6. The smallest absolute Gasteiger partial charge is 0.253 e. The second-order valence-corrected chi connectivity index (χ2v) is 10.3. The minimum absolute atomic E-state index is 0.0640. The van der Waals surface area contributed by atoms with Crippen LogP contribution in [0.2, 0.25) is 0 Å². The molecular formula is C28H33N7O. The van der Waals surface area contributed by atoms with Gasteiger partial charge in [-0.05, 0) is 72.3 Å². The number of pyridine rings is 1. The molecule has 0 unspecified atom stereocenters. The molecule has 36 heavy (non-hydrogen) atoms. The van der Waals surface area contributed by atoms with Crippen molar-refractivity contribution >= 4 is 16.6 Å². The molecule has 0 amide bonds. The third kappa shape index (κ3) is 4.19. The number of para-hydroxylation sites is 1. The third-order valence-electron chi connectivity index (χ3n) is 7.85. The van der Waals surface area contributed by atoms with E-state index in [9.17, 15) is 4.79 Å². The molecule has 1 N–H and O–H groups in total. The van der Waals surface area contributed by atoms with Gasteiger partial charge in [-0.2, -0.15) is 0 Å². The molecular weight excluding hydrogens is 450 g/mol. The third-order valence-corrected chi connectivity index (χ3v) is 7.85. The van der Waals surface area contributed by atoms with Gasteiger partial charge < -0.3 is 9.88 Å². The number of rotatable bonds is 5. The highest BCUT2D eigenvalue weighted by molar-refractivity contribution is 5.83. The average Bonchev–Trinajstić information content (AvgIpc) is 3.58. The lowest BCUT2D eigenvalue weighted by Crippen LogP contribution is -2.49. The number of aryl methyl sites for hydroxylation is 2. The van der Waals surface area contributed by atoms with Gasteiger partial charge in [0, 0.05) is 37.4 Å². The van der Waals surface area contributed by atoms with Gasteiger partial charge in [-0.15, -0.1) is 5.10 Å². The number of fused-ring (bicyclic) bond motifs is 1. The predicted molar refractivity (Wildman–Crippen MR) is 141 cm³/mol. The van der Waals surface area contributed by atoms with E-state index in [2.05, 4.69) is 79.7 Å². The number of nitrogens with zero attached hydrogens (tertiary/aromatic N) is 6. The lowest BCUT2D eigenvalue weighted by molar-refractivity contribution is 0.197. The monoisotopic (exact) mass is 483 g/mol. The molecule has 0 spiro atoms. The van der Waals surface area contributed by atoms with E-state index < -0.39 is 0 Å². The summed E-state index contributed by atoms with van der Waals surface area (Å²) in [6, 6.07) is 16.9. The zero-order valence-electron chi connectivity index (χ0n) is 21.0. The van der Waals surface area contributed by atoms with Crippen LogP contribution in [0.4, 0.5) is 5.69 Å². The van der Waals surface area contributed by atoms with Gasteiger partial charge in [0.2, 0.25) is 0 Å². The van der Waals surface area contributed by atoms with Crippen LogP contribution < -0.4 is 10.5 Å². The summed E-state index contributed by atoms with van der Waals surface area (Å²) in [6.45, 7) is 7.55. The van der Waals surface area contributed by atoms with Gasteiger partial charge in [0.1, 0.15) is 6.04 Å². The molecule has 1 aliphatic heterocycles. The minimum Gasteiger partial charge on any atom is -0.369 e. The number of nitrogens with one attached hydrogen (secondary N) is 1. The van der Waals surface area contributed by atoms with Crippen molar-refractivity contribution in [2.75, 3.05) is 31.1 Å². The van der Waals surface area contributed by atoms with Gasteiger partial charge in [0.15, 0.2) is 5.82 Å². The summed E-state index contributed by atoms with van der Waals surface area (Å²) in [5.74, 6) is 0.782. The molecule has 0 bridgehead atoms. The van der Waals surface area contributed by atoms with Gasteiger partial charge >= 0.3 is 0 Å². The number of tetrazole rings is 1. The predicted octanol–water partition coefficient (Wildman–Crippen LogP) is 4.16. The molecule has 2 aliphatic rings. The Morgan fingerprint density at radius 2 is 1.72 bits per heavy atom. The Bertz CT molecular complexity index is 1410. The van der Waals surface area contributed by atoms with E-state index in [0.29, 0.717) is 6.04 Å². The zero-order valence-corrected chi connectivity index (χ0v) is 21.0. The van der Waals surface area contributed by atoms with Crippen molar-refractivity contribution in [3.8, 4) is 0 Å². The van der Waals surface area contributed by atoms with Crippen molar-refractivity contribution in [1.82, 2.24) is 30.1 Å². The number of hydrogen-bond donors (Lipinski definition) is 1. The van der Waals surface area contributed by atoms with E-state index in [1.807, 2.05) is 17.7 Å². The van der Waals surface area contributed by atoms with Crippen LogP contribution in [0.25, 0.3) is 10.9 Å². The number of aromatic amines is 1. The molecule has 8 heteroatoms. The van der Waals surface area contributed by atoms with E-state index >= 15 is 0 Å². The molecule has 1 aliphatic carbocycles. The lowest BCUT2D eigenvalue weighted by Gasteiger charge is -2.39. The summed E-state index contributed by atoms with van der Waals surface area (Å²) >= 11 is 0. The quantitative estimate of drug-likeness (QED) is 0.459. The van der Waals surface area contributed by atoms with E-state index in [-0.39, 0.29) is 11.6 Å². The van der Waals surface area contributed by atoms with Crippen LogP contribution in [0.5, 0.6) is 0 Å². The Hall–Kier alpha value is -3.52. The normalized spacial score (nSPS) is 18.2. The molecule has 2 fully saturated rings. The van der Waals surface area contributed by atoms with Gasteiger partial charge in [-0.3, -0.25) is 9.69 Å². The molecule has 2 aromatic heterocycles. The van der Waals surface area contributed by atoms with Crippen LogP contribution >= 0.6 is 0 Å². The summed E-state index contributed by atoms with van der Waals surface area (Å²) < 4.78 is 2.01. The lowest BCUT2D eigenvalue weighted by atomic mass is 10.00. The second kappa shape index (κ2) is 9.50. The van der Waals surface area contributed by atoms with Gasteiger partial charge in [0.25, 0.3) is 5.56 Å². The maximum Gasteiger partial charge on any atom is 0.253 e. The first-order valence-electron chi connectivity index (χ1n) is 13.0. The first kappa shape index (κ1) is 22.9. The van der Waals surface area contributed by atoms with Gasteiger partial charge in [-0.1, -0.05) is 42.7 Å². The highest BCUT2D eigenvalue weighted by Gasteiger charge is 2.34. The molecule has 186 valence electrons. The van der Waals surface area contributed by atoms with Crippen molar-refractivity contribution in [3.05, 3.63) is 81.4 Å². The Morgan fingerprint density at radius 3 is 2.47 bits per heavy atom. The summed E-state index contributed by atoms with van der Waals surface area (Å²) in [6.07, 6.45) is 4.55. The van der Waals surface area contributed by atoms with Crippen LogP contribution in [0.3, 0.4) is 0 Å². The van der Waals surface area contributed by atoms with E-state index in [1.165, 1.54) is 24.1 Å². The molecule has 0 radical (unpaired) electrons. The number of aromatic nitrogens is 5. The standard InChI is InChI=1S/C28H33N7O/c1-19-16-20(2)25-21(17-19)18-24(28(36)29-25)26(27-30-31-32-35(27)23-10-6-7-11-23)34-14-12-33(13-15-34)22-8-4-3-5-9-22/h3-5,8-9,16-18,23,26H,6-7,10-15H2,1-2H3,(H,29,36)/t26-/m0/s1. The van der Waals surface area contributed by atoms with Gasteiger partial charge in [-0.25, -0.2) is 4.68 Å². The fraction of sp³-hybridized carbons (Fsp3) is 0.429. The van der Waals surface area contributed by atoms with E-state index in [1.54, 1.807) is 0 Å². The van der Waals surface area contributed by atoms with E-state index in [0.717, 1.165) is 66.9 Å². The van der Waals surface area contributed by atoms with Crippen LogP contribution in [-0.4, -0.2) is 56.3 Å². The van der Waals surface area contributed by atoms with Crippen molar-refractivity contribution < 1.29 is 0 Å². The SMILES string of the molecule is Cc1cc(C)c2[nH]c(=O)c([C@@H](c3nnnn3C3CCCC3)N3CCN(c4ccccc4)CC3)cc2c1. The Balaban J connectivity index is 1.42. The number of hydrogen-bond acceptors (Lipinski definition) is 6. The Kier molecular flexibility index (Phi) is 6.05. The molecule has 1 saturated heterocycles. The van der Waals surface area contributed by atoms with Crippen LogP contribution in [0.1, 0.15) is 60.3 Å². The first-order valence-corrected chi connectivity index (χ1v) is 13.0. The average molecular weight is 484 g/mol. The van der Waals surface area contributed by atoms with Crippen molar-refractivity contribution in [1.29, 1.82) is 0 Å². The molecule has 2 aromatic carbocycles. The summed E-state index contributed by atoms with van der Waals surface area (Å²) in [5.41, 5.74) is 5.05. The highest BCUT2D eigenvalue weighted by Crippen LogP contribution is 2.34. The number of anilines is 1. The molecule has 6 rings (SSSR count). The minimum atomic E-state index is -0.299. The van der Waals surface area contributed by atoms with E-state index in [4.69, 9.17) is 0 Å². The largest absolute Gasteiger partial charge is 0.369 e. The van der Waals surface area contributed by atoms with Crippen molar-refractivity contribution in [2.24, 2.45) is 0 Å². The zero-order chi connectivity index (χ0) is 24.6. The van der Waals surface area contributed by atoms with Crippen LogP contribution in [0.15, 0.2) is 53.3 Å². The second-order valence-electron chi connectivity index (χ2n) is 10.3. The maximum absolute atomic E-state index is 13.6. The summed E-state index contributed by atoms with van der Waals surface area (Å²) in [7, 11) is 0. The Morgan fingerprint density at radius 1 is 0.972 bits per heavy atom. The molecule has 8 nitrogen and oxygen atoms in total. The fourth-order valence-corrected chi connectivity index (χ4v) is 6.07. The first-order chi connectivity index (χ1) is 17.6. The Labute approximate surface area is 210 Å². The fourth-order valence-electron chi connectivity index (χ4n) is 6.07. The van der Waals surface area contributed by atoms with Crippen LogP contribution in [-0.2, 0) is 0 Å². The van der Waals surface area contributed by atoms with Crippen molar-refractivity contribution in [3.63, 3.8) is 0 Å². The molecule has 4 aromatic rings. The number of H-pyrrole nitrogens is 1. The number of piperazine rings is 1. The highest BCUT2D eigenvalue weighted by atomic mass is 16.1. The van der Waals surface area contributed by atoms with Crippen LogP contribution in [0, 0.1) is 13.8 Å². The summed E-state index contributed by atoms with van der Waals surface area (Å²) in [5, 5.41) is 14.1. The molecule has 1 atom stereocenters.